The molecule has 0 aliphatic carbocycles. The molecule has 6 nitrogen and oxygen atoms in total. The Morgan fingerprint density at radius 2 is 1.93 bits per heavy atom. The molecule has 30 heavy (non-hydrogen) atoms. The lowest BCUT2D eigenvalue weighted by Gasteiger charge is -2.32. The summed E-state index contributed by atoms with van der Waals surface area (Å²) < 4.78 is 17.0. The normalized spacial score (nSPS) is 14.9. The summed E-state index contributed by atoms with van der Waals surface area (Å²) in [6.45, 7) is 5.21. The Hall–Kier alpha value is -2.25. The second-order valence-corrected chi connectivity index (χ2v) is 8.15. The first-order chi connectivity index (χ1) is 14.5. The highest BCUT2D eigenvalue weighted by Gasteiger charge is 2.22. The van der Waals surface area contributed by atoms with E-state index in [0.717, 1.165) is 38.2 Å². The third kappa shape index (κ3) is 5.67. The summed E-state index contributed by atoms with van der Waals surface area (Å²) >= 11 is 3.48. The van der Waals surface area contributed by atoms with Gasteiger partial charge in [0.1, 0.15) is 5.75 Å². The second-order valence-electron chi connectivity index (χ2n) is 7.30. The van der Waals surface area contributed by atoms with E-state index in [2.05, 4.69) is 38.3 Å². The third-order valence-electron chi connectivity index (χ3n) is 5.24. The zero-order valence-corrected chi connectivity index (χ0v) is 19.3. The van der Waals surface area contributed by atoms with Crippen molar-refractivity contribution in [3.63, 3.8) is 0 Å². The lowest BCUT2D eigenvalue weighted by atomic mass is 10.0. The lowest BCUT2D eigenvalue weighted by Crippen LogP contribution is -2.44. The van der Waals surface area contributed by atoms with Gasteiger partial charge in [0.05, 0.1) is 25.3 Å². The highest BCUT2D eigenvalue weighted by atomic mass is 79.9. The van der Waals surface area contributed by atoms with E-state index in [1.807, 2.05) is 19.1 Å². The van der Waals surface area contributed by atoms with E-state index < -0.39 is 0 Å². The minimum Gasteiger partial charge on any atom is -0.497 e. The molecule has 0 unspecified atom stereocenters. The van der Waals surface area contributed by atoms with Crippen molar-refractivity contribution in [2.45, 2.75) is 32.4 Å². The molecule has 1 saturated heterocycles. The van der Waals surface area contributed by atoms with Gasteiger partial charge >= 0.3 is 0 Å². The molecule has 3 rings (SSSR count). The van der Waals surface area contributed by atoms with Crippen LogP contribution in [0.3, 0.4) is 0 Å². The van der Waals surface area contributed by atoms with Gasteiger partial charge in [-0.1, -0.05) is 12.1 Å². The molecule has 2 aromatic rings. The molecule has 7 heteroatoms. The zero-order valence-electron chi connectivity index (χ0n) is 17.7. The van der Waals surface area contributed by atoms with Crippen molar-refractivity contribution < 1.29 is 19.0 Å². The minimum absolute atomic E-state index is 0.0942. The van der Waals surface area contributed by atoms with Crippen LogP contribution in [0.15, 0.2) is 40.9 Å². The maximum Gasteiger partial charge on any atom is 0.251 e. The van der Waals surface area contributed by atoms with E-state index in [4.69, 9.17) is 14.2 Å². The summed E-state index contributed by atoms with van der Waals surface area (Å²) in [6, 6.07) is 11.8. The van der Waals surface area contributed by atoms with Crippen LogP contribution in [0, 0.1) is 0 Å². The summed E-state index contributed by atoms with van der Waals surface area (Å²) in [5.41, 5.74) is 1.80. The molecular weight excluding hydrogens is 448 g/mol. The van der Waals surface area contributed by atoms with Crippen LogP contribution in [0.2, 0.25) is 0 Å². The number of ether oxygens (including phenoxy) is 3. The molecule has 1 N–H and O–H groups in total. The standard InChI is InChI=1S/C23H29BrN2O4/c1-4-30-22-20(24)13-17(14-21(22)29-3)23(27)25-18-8-10-26(11-9-18)15-16-6-5-7-19(12-16)28-2/h5-7,12-14,18H,4,8-11,15H2,1-3H3,(H,25,27). The Morgan fingerprint density at radius 1 is 1.17 bits per heavy atom. The number of amides is 1. The van der Waals surface area contributed by atoms with Crippen LogP contribution in [0.25, 0.3) is 0 Å². The highest BCUT2D eigenvalue weighted by Crippen LogP contribution is 2.36. The maximum absolute atomic E-state index is 12.8. The number of carbonyl (C=O) groups is 1. The summed E-state index contributed by atoms with van der Waals surface area (Å²) in [6.07, 6.45) is 1.84. The fourth-order valence-electron chi connectivity index (χ4n) is 3.67. The average Bonchev–Trinajstić information content (AvgIpc) is 2.76. The predicted octanol–water partition coefficient (Wildman–Crippen LogP) is 4.26. The molecule has 0 spiro atoms. The predicted molar refractivity (Wildman–Crippen MR) is 121 cm³/mol. The second kappa shape index (κ2) is 10.7. The molecule has 0 aromatic heterocycles. The van der Waals surface area contributed by atoms with Gasteiger partial charge < -0.3 is 19.5 Å². The van der Waals surface area contributed by atoms with Crippen LogP contribution in [-0.2, 0) is 6.54 Å². The summed E-state index contributed by atoms with van der Waals surface area (Å²) in [5, 5.41) is 3.17. The van der Waals surface area contributed by atoms with Crippen LogP contribution >= 0.6 is 15.9 Å². The van der Waals surface area contributed by atoms with Crippen molar-refractivity contribution in [2.75, 3.05) is 33.9 Å². The van der Waals surface area contributed by atoms with Crippen molar-refractivity contribution in [3.8, 4) is 17.2 Å². The number of hydrogen-bond acceptors (Lipinski definition) is 5. The summed E-state index contributed by atoms with van der Waals surface area (Å²) in [5.74, 6) is 1.95. The molecule has 162 valence electrons. The number of nitrogens with zero attached hydrogens (tertiary/aromatic N) is 1. The smallest absolute Gasteiger partial charge is 0.251 e. The molecule has 0 saturated carbocycles. The van der Waals surface area contributed by atoms with E-state index >= 15 is 0 Å². The molecule has 1 aliphatic heterocycles. The minimum atomic E-state index is -0.0942. The Kier molecular flexibility index (Phi) is 7.99. The van der Waals surface area contributed by atoms with Gasteiger partial charge in [-0.25, -0.2) is 0 Å². The summed E-state index contributed by atoms with van der Waals surface area (Å²) in [7, 11) is 3.26. The average molecular weight is 477 g/mol. The molecule has 1 amide bonds. The first-order valence-electron chi connectivity index (χ1n) is 10.2. The number of halogens is 1. The van der Waals surface area contributed by atoms with E-state index in [9.17, 15) is 4.79 Å². The Morgan fingerprint density at radius 3 is 2.60 bits per heavy atom. The zero-order chi connectivity index (χ0) is 21.5. The van der Waals surface area contributed by atoms with Crippen LogP contribution in [0.1, 0.15) is 35.7 Å². The number of benzene rings is 2. The van der Waals surface area contributed by atoms with Gasteiger partial charge in [0.2, 0.25) is 0 Å². The van der Waals surface area contributed by atoms with Gasteiger partial charge in [-0.2, -0.15) is 0 Å². The Bertz CT molecular complexity index is 866. The number of likely N-dealkylation sites (tertiary alicyclic amines) is 1. The largest absolute Gasteiger partial charge is 0.497 e. The number of methoxy groups -OCH3 is 2. The van der Waals surface area contributed by atoms with Gasteiger partial charge in [0, 0.05) is 31.2 Å². The maximum atomic E-state index is 12.8. The van der Waals surface area contributed by atoms with Crippen molar-refractivity contribution in [1.29, 1.82) is 0 Å². The Balaban J connectivity index is 1.55. The van der Waals surface area contributed by atoms with Crippen LogP contribution in [0.5, 0.6) is 17.2 Å². The molecule has 1 heterocycles. The number of hydrogen-bond donors (Lipinski definition) is 1. The van der Waals surface area contributed by atoms with E-state index in [1.165, 1.54) is 5.56 Å². The molecular formula is C23H29BrN2O4. The number of carbonyl (C=O) groups excluding carboxylic acids is 1. The van der Waals surface area contributed by atoms with Gasteiger partial charge in [-0.3, -0.25) is 9.69 Å². The van der Waals surface area contributed by atoms with Crippen molar-refractivity contribution in [1.82, 2.24) is 10.2 Å². The third-order valence-corrected chi connectivity index (χ3v) is 5.83. The molecule has 1 aliphatic rings. The van der Waals surface area contributed by atoms with E-state index in [0.29, 0.717) is 28.1 Å². The quantitative estimate of drug-likeness (QED) is 0.616. The molecule has 2 aromatic carbocycles. The van der Waals surface area contributed by atoms with Gasteiger partial charge in [0.25, 0.3) is 5.91 Å². The molecule has 0 bridgehead atoms. The van der Waals surface area contributed by atoms with Crippen molar-refractivity contribution in [3.05, 3.63) is 52.0 Å². The monoisotopic (exact) mass is 476 g/mol. The lowest BCUT2D eigenvalue weighted by molar-refractivity contribution is 0.0908. The summed E-state index contributed by atoms with van der Waals surface area (Å²) in [4.78, 5) is 15.2. The van der Waals surface area contributed by atoms with Crippen LogP contribution < -0.4 is 19.5 Å². The number of rotatable bonds is 8. The van der Waals surface area contributed by atoms with E-state index in [1.54, 1.807) is 26.4 Å². The number of piperidine rings is 1. The molecule has 1 fully saturated rings. The highest BCUT2D eigenvalue weighted by molar-refractivity contribution is 9.10. The van der Waals surface area contributed by atoms with Crippen molar-refractivity contribution >= 4 is 21.8 Å². The first-order valence-corrected chi connectivity index (χ1v) is 11.0. The molecule has 0 radical (unpaired) electrons. The van der Waals surface area contributed by atoms with Crippen molar-refractivity contribution in [2.24, 2.45) is 0 Å². The topological polar surface area (TPSA) is 60.0 Å². The Labute approximate surface area is 186 Å². The fourth-order valence-corrected chi connectivity index (χ4v) is 4.22. The fraction of sp³-hybridized carbons (Fsp3) is 0.435. The van der Waals surface area contributed by atoms with E-state index in [-0.39, 0.29) is 11.9 Å². The molecule has 0 atom stereocenters. The van der Waals surface area contributed by atoms with Gasteiger partial charge in [-0.05, 0) is 65.5 Å². The van der Waals surface area contributed by atoms with Crippen LogP contribution in [0.4, 0.5) is 0 Å². The first kappa shape index (κ1) is 22.4. The SMILES string of the molecule is CCOc1c(Br)cc(C(=O)NC2CCN(Cc3cccc(OC)c3)CC2)cc1OC. The number of nitrogens with one attached hydrogen (secondary N) is 1. The van der Waals surface area contributed by atoms with Gasteiger partial charge in [0.15, 0.2) is 11.5 Å². The van der Waals surface area contributed by atoms with Gasteiger partial charge in [-0.15, -0.1) is 0 Å². The van der Waals surface area contributed by atoms with Crippen LogP contribution in [-0.4, -0.2) is 50.8 Å².